The Kier molecular flexibility index (Phi) is 5.84. The molecule has 0 saturated heterocycles. The van der Waals surface area contributed by atoms with E-state index in [0.717, 1.165) is 24.3 Å². The summed E-state index contributed by atoms with van der Waals surface area (Å²) >= 11 is 0. The number of aliphatic imine (C=N–C) groups is 1. The van der Waals surface area contributed by atoms with Gasteiger partial charge in [-0.25, -0.2) is 0 Å². The summed E-state index contributed by atoms with van der Waals surface area (Å²) in [6, 6.07) is 0. The van der Waals surface area contributed by atoms with Crippen LogP contribution in [0.5, 0.6) is 0 Å². The second-order valence-electron chi connectivity index (χ2n) is 6.08. The van der Waals surface area contributed by atoms with Crippen molar-refractivity contribution in [3.8, 4) is 0 Å². The summed E-state index contributed by atoms with van der Waals surface area (Å²) in [6.45, 7) is 14.3. The van der Waals surface area contributed by atoms with Crippen LogP contribution < -0.4 is 0 Å². The van der Waals surface area contributed by atoms with Crippen LogP contribution in [-0.4, -0.2) is 11.3 Å². The first-order valence-electron chi connectivity index (χ1n) is 7.30. The second-order valence-corrected chi connectivity index (χ2v) is 6.08. The molecule has 0 aromatic heterocycles. The fraction of sp³-hybridized carbons (Fsp3) is 0.706. The largest absolute Gasteiger partial charge is 0.283 e. The molecular weight excluding hydrogens is 218 g/mol. The van der Waals surface area contributed by atoms with Crippen LogP contribution in [0.1, 0.15) is 65.7 Å². The van der Waals surface area contributed by atoms with Gasteiger partial charge in [0.25, 0.3) is 0 Å². The molecule has 0 aromatic carbocycles. The summed E-state index contributed by atoms with van der Waals surface area (Å²) < 4.78 is 0. The van der Waals surface area contributed by atoms with Crippen molar-refractivity contribution in [3.05, 3.63) is 24.8 Å². The fourth-order valence-electron chi connectivity index (χ4n) is 2.79. The first-order valence-corrected chi connectivity index (χ1v) is 7.30. The van der Waals surface area contributed by atoms with Gasteiger partial charge in [-0.05, 0) is 46.0 Å². The summed E-state index contributed by atoms with van der Waals surface area (Å²) in [5.74, 6) is 0.950. The molecule has 0 aromatic rings. The summed E-state index contributed by atoms with van der Waals surface area (Å²) in [7, 11) is 0. The highest BCUT2D eigenvalue weighted by molar-refractivity contribution is 5.82. The SMILES string of the molecule is C=CCC(C)(/N=C(\C)CCC1CCCC1)C(=C)C. The van der Waals surface area contributed by atoms with E-state index in [9.17, 15) is 0 Å². The van der Waals surface area contributed by atoms with Gasteiger partial charge in [0.05, 0.1) is 5.54 Å². The number of rotatable bonds is 7. The lowest BCUT2D eigenvalue weighted by Crippen LogP contribution is -2.24. The molecule has 0 bridgehead atoms. The van der Waals surface area contributed by atoms with Gasteiger partial charge in [-0.1, -0.05) is 43.9 Å². The van der Waals surface area contributed by atoms with E-state index in [1.165, 1.54) is 37.8 Å². The highest BCUT2D eigenvalue weighted by atomic mass is 14.9. The van der Waals surface area contributed by atoms with Gasteiger partial charge in [0.2, 0.25) is 0 Å². The van der Waals surface area contributed by atoms with E-state index in [1.807, 2.05) is 6.08 Å². The predicted octanol–water partition coefficient (Wildman–Crippen LogP) is 5.33. The zero-order valence-electron chi connectivity index (χ0n) is 12.5. The molecule has 0 heterocycles. The standard InChI is InChI=1S/C17H29N/c1-6-13-17(5,14(2)3)18-15(4)11-12-16-9-7-8-10-16/h6,16H,1-2,7-13H2,3-5H3/b18-15+. The summed E-state index contributed by atoms with van der Waals surface area (Å²) in [5.41, 5.74) is 2.25. The predicted molar refractivity (Wildman–Crippen MR) is 82.3 cm³/mol. The van der Waals surface area contributed by atoms with Crippen LogP contribution in [0.3, 0.4) is 0 Å². The Morgan fingerprint density at radius 2 is 1.94 bits per heavy atom. The number of hydrogen-bond donors (Lipinski definition) is 0. The van der Waals surface area contributed by atoms with E-state index >= 15 is 0 Å². The van der Waals surface area contributed by atoms with Crippen molar-refractivity contribution in [2.24, 2.45) is 10.9 Å². The molecule has 102 valence electrons. The average Bonchev–Trinajstić information content (AvgIpc) is 2.79. The molecule has 1 aliphatic carbocycles. The van der Waals surface area contributed by atoms with Crippen LogP contribution in [0.4, 0.5) is 0 Å². The van der Waals surface area contributed by atoms with E-state index in [4.69, 9.17) is 4.99 Å². The Bertz CT molecular complexity index is 321. The zero-order valence-corrected chi connectivity index (χ0v) is 12.5. The molecule has 0 aliphatic heterocycles. The smallest absolute Gasteiger partial charge is 0.0816 e. The van der Waals surface area contributed by atoms with Crippen LogP contribution >= 0.6 is 0 Å². The topological polar surface area (TPSA) is 12.4 Å². The van der Waals surface area contributed by atoms with E-state index in [1.54, 1.807) is 0 Å². The quantitative estimate of drug-likeness (QED) is 0.426. The maximum Gasteiger partial charge on any atom is 0.0816 e. The average molecular weight is 247 g/mol. The molecule has 1 rings (SSSR count). The van der Waals surface area contributed by atoms with Crippen molar-refractivity contribution in [3.63, 3.8) is 0 Å². The van der Waals surface area contributed by atoms with Gasteiger partial charge < -0.3 is 0 Å². The highest BCUT2D eigenvalue weighted by Gasteiger charge is 2.23. The maximum atomic E-state index is 4.90. The van der Waals surface area contributed by atoms with Gasteiger partial charge in [-0.2, -0.15) is 0 Å². The molecule has 1 atom stereocenters. The van der Waals surface area contributed by atoms with Crippen LogP contribution in [0.15, 0.2) is 29.8 Å². The maximum absolute atomic E-state index is 4.90. The van der Waals surface area contributed by atoms with Crippen molar-refractivity contribution >= 4 is 5.71 Å². The first kappa shape index (κ1) is 15.2. The molecule has 1 fully saturated rings. The van der Waals surface area contributed by atoms with Crippen LogP contribution in [-0.2, 0) is 0 Å². The van der Waals surface area contributed by atoms with Gasteiger partial charge in [-0.15, -0.1) is 6.58 Å². The van der Waals surface area contributed by atoms with Gasteiger partial charge in [0.1, 0.15) is 0 Å². The fourth-order valence-corrected chi connectivity index (χ4v) is 2.79. The molecule has 0 spiro atoms. The van der Waals surface area contributed by atoms with Crippen LogP contribution in [0.2, 0.25) is 0 Å². The second kappa shape index (κ2) is 6.92. The lowest BCUT2D eigenvalue weighted by molar-refractivity contribution is 0.509. The molecule has 1 nitrogen and oxygen atoms in total. The van der Waals surface area contributed by atoms with Gasteiger partial charge in [0.15, 0.2) is 0 Å². The molecule has 1 aliphatic rings. The van der Waals surface area contributed by atoms with E-state index in [2.05, 4.69) is 33.9 Å². The van der Waals surface area contributed by atoms with E-state index in [-0.39, 0.29) is 5.54 Å². The number of hydrogen-bond acceptors (Lipinski definition) is 1. The van der Waals surface area contributed by atoms with Crippen molar-refractivity contribution < 1.29 is 0 Å². The molecule has 1 saturated carbocycles. The van der Waals surface area contributed by atoms with Crippen LogP contribution in [0, 0.1) is 5.92 Å². The zero-order chi connectivity index (χ0) is 13.6. The third-order valence-corrected chi connectivity index (χ3v) is 4.29. The van der Waals surface area contributed by atoms with Crippen LogP contribution in [0.25, 0.3) is 0 Å². The normalized spacial score (nSPS) is 20.7. The summed E-state index contributed by atoms with van der Waals surface area (Å²) in [5, 5.41) is 0. The third-order valence-electron chi connectivity index (χ3n) is 4.29. The van der Waals surface area contributed by atoms with Gasteiger partial charge >= 0.3 is 0 Å². The van der Waals surface area contributed by atoms with E-state index < -0.39 is 0 Å². The van der Waals surface area contributed by atoms with E-state index in [0.29, 0.717) is 0 Å². The molecule has 0 N–H and O–H groups in total. The Morgan fingerprint density at radius 3 is 2.44 bits per heavy atom. The molecule has 1 heteroatoms. The highest BCUT2D eigenvalue weighted by Crippen LogP contribution is 2.29. The molecule has 0 radical (unpaired) electrons. The summed E-state index contributed by atoms with van der Waals surface area (Å²) in [6.07, 6.45) is 11.0. The Morgan fingerprint density at radius 1 is 1.33 bits per heavy atom. The van der Waals surface area contributed by atoms with Crippen molar-refractivity contribution in [2.45, 2.75) is 71.3 Å². The third kappa shape index (κ3) is 4.44. The molecule has 1 unspecified atom stereocenters. The van der Waals surface area contributed by atoms with Gasteiger partial charge in [-0.3, -0.25) is 4.99 Å². The molecular formula is C17H29N. The Balaban J connectivity index is 2.55. The first-order chi connectivity index (χ1) is 8.48. The lowest BCUT2D eigenvalue weighted by Gasteiger charge is -2.25. The number of nitrogens with zero attached hydrogens (tertiary/aromatic N) is 1. The minimum atomic E-state index is -0.151. The molecule has 18 heavy (non-hydrogen) atoms. The Hall–Kier alpha value is -0.850. The van der Waals surface area contributed by atoms with Gasteiger partial charge in [0, 0.05) is 5.71 Å². The van der Waals surface area contributed by atoms with Crippen molar-refractivity contribution in [2.75, 3.05) is 0 Å². The molecule has 0 amide bonds. The van der Waals surface area contributed by atoms with Crippen molar-refractivity contribution in [1.82, 2.24) is 0 Å². The van der Waals surface area contributed by atoms with Crippen molar-refractivity contribution in [1.29, 1.82) is 0 Å². The summed E-state index contributed by atoms with van der Waals surface area (Å²) in [4.78, 5) is 4.90. The minimum absolute atomic E-state index is 0.151. The minimum Gasteiger partial charge on any atom is -0.283 e. The Labute approximate surface area is 113 Å². The lowest BCUT2D eigenvalue weighted by atomic mass is 9.90. The monoisotopic (exact) mass is 247 g/mol.